The van der Waals surface area contributed by atoms with Crippen LogP contribution in [-0.4, -0.2) is 134 Å². The number of esters is 3. The fraction of sp³-hybridized carbons (Fsp3) is 0.550. The Bertz CT molecular complexity index is 1480. The van der Waals surface area contributed by atoms with Gasteiger partial charge in [0.25, 0.3) is 0 Å². The van der Waals surface area contributed by atoms with Crippen LogP contribution in [0.5, 0.6) is 0 Å². The zero-order chi connectivity index (χ0) is 44.4. The summed E-state index contributed by atoms with van der Waals surface area (Å²) >= 11 is 4.64. The Hall–Kier alpha value is -4.85. The summed E-state index contributed by atoms with van der Waals surface area (Å²) in [5, 5.41) is 14.3. The molecular formula is C40H59ClN2O16. The van der Waals surface area contributed by atoms with E-state index in [9.17, 15) is 33.9 Å². The van der Waals surface area contributed by atoms with Gasteiger partial charge in [0.15, 0.2) is 0 Å². The van der Waals surface area contributed by atoms with E-state index in [-0.39, 0.29) is 58.0 Å². The Morgan fingerprint density at radius 1 is 0.559 bits per heavy atom. The third-order valence-corrected chi connectivity index (χ3v) is 7.32. The van der Waals surface area contributed by atoms with Crippen molar-refractivity contribution in [2.45, 2.75) is 40.8 Å². The van der Waals surface area contributed by atoms with Gasteiger partial charge in [0, 0.05) is 41.2 Å². The van der Waals surface area contributed by atoms with Gasteiger partial charge in [0.1, 0.15) is 43.9 Å². The molecule has 2 unspecified atom stereocenters. The Morgan fingerprint density at radius 2 is 0.915 bits per heavy atom. The van der Waals surface area contributed by atoms with Crippen LogP contribution in [0.1, 0.15) is 38.8 Å². The molecule has 0 bridgehead atoms. The van der Waals surface area contributed by atoms with Crippen LogP contribution in [0.15, 0.2) is 60.7 Å². The van der Waals surface area contributed by atoms with Crippen molar-refractivity contribution in [2.75, 3.05) is 93.5 Å². The van der Waals surface area contributed by atoms with Gasteiger partial charge in [0.2, 0.25) is 5.24 Å². The lowest BCUT2D eigenvalue weighted by Crippen LogP contribution is -2.41. The second kappa shape index (κ2) is 33.0. The van der Waals surface area contributed by atoms with Gasteiger partial charge in [-0.05, 0) is 36.6 Å². The van der Waals surface area contributed by atoms with Crippen molar-refractivity contribution in [2.24, 2.45) is 10.8 Å². The number of benzene rings is 2. The molecule has 2 aromatic rings. The van der Waals surface area contributed by atoms with Crippen LogP contribution >= 0.6 is 11.6 Å². The maximum Gasteiger partial charge on any atom is 0.407 e. The smallest absolute Gasteiger partial charge is 0.407 e. The van der Waals surface area contributed by atoms with Gasteiger partial charge < -0.3 is 58.4 Å². The van der Waals surface area contributed by atoms with Crippen molar-refractivity contribution in [3.63, 3.8) is 0 Å². The van der Waals surface area contributed by atoms with Gasteiger partial charge in [-0.25, -0.2) is 9.59 Å². The molecule has 0 radical (unpaired) electrons. The molecule has 0 heterocycles. The zero-order valence-electron chi connectivity index (χ0n) is 34.6. The molecule has 2 amide bonds. The van der Waals surface area contributed by atoms with Crippen molar-refractivity contribution in [1.82, 2.24) is 10.6 Å². The van der Waals surface area contributed by atoms with Gasteiger partial charge >= 0.3 is 30.1 Å². The highest BCUT2D eigenvalue weighted by Crippen LogP contribution is 2.21. The summed E-state index contributed by atoms with van der Waals surface area (Å²) in [7, 11) is 3.12. The number of ether oxygens (including phenoxy) is 9. The highest BCUT2D eigenvalue weighted by atomic mass is 35.5. The molecule has 0 aliphatic carbocycles. The van der Waals surface area contributed by atoms with Crippen LogP contribution in [0, 0.1) is 10.8 Å². The summed E-state index contributed by atoms with van der Waals surface area (Å²) in [5.74, 6) is -1.88. The van der Waals surface area contributed by atoms with E-state index in [1.165, 1.54) is 27.7 Å². The number of halogens is 1. The second-order valence-electron chi connectivity index (χ2n) is 12.8. The number of carbonyl (C=O) groups is 6. The Labute approximate surface area is 350 Å². The number of hydrogen-bond donors (Lipinski definition) is 3. The normalized spacial score (nSPS) is 12.3. The van der Waals surface area contributed by atoms with Gasteiger partial charge in [-0.2, -0.15) is 0 Å². The standard InChI is InChI=1S/C20H29NO8.C18H27NO7.C2H3ClO/c1-16(22)28-14-20(2,18(23)27-12-11-26-10-9-25-3)15-29-19(24)21-13-17-7-5-4-6-8-17;1-18(13-20,16(21)25-11-10-24-9-8-23-2)14-26-17(22)19-12-15-6-4-3-5-7-15;1-2(3)4/h4-8H,9-15H2,1-3H3,(H,21,24);3-7,20H,8-14H2,1-2H3,(H,19,22);1H3. The molecule has 0 spiro atoms. The molecule has 2 rings (SSSR count). The first-order valence-electron chi connectivity index (χ1n) is 18.4. The fourth-order valence-corrected chi connectivity index (χ4v) is 3.91. The van der Waals surface area contributed by atoms with E-state index in [1.807, 2.05) is 60.7 Å². The summed E-state index contributed by atoms with van der Waals surface area (Å²) in [6.07, 6.45) is -1.37. The molecule has 18 nitrogen and oxygen atoms in total. The molecule has 2 aromatic carbocycles. The highest BCUT2D eigenvalue weighted by Gasteiger charge is 2.39. The van der Waals surface area contributed by atoms with Gasteiger partial charge in [-0.1, -0.05) is 60.7 Å². The minimum absolute atomic E-state index is 0.0123. The van der Waals surface area contributed by atoms with E-state index < -0.39 is 47.5 Å². The SMILES string of the molecule is CC(=O)Cl.COCCOCCOC(=O)C(C)(CO)COC(=O)NCc1ccccc1.COCCOCCOC(=O)C(C)(COC(C)=O)COC(=O)NCc1ccccc1. The van der Waals surface area contributed by atoms with Gasteiger partial charge in [0.05, 0.1) is 46.2 Å². The van der Waals surface area contributed by atoms with Crippen LogP contribution < -0.4 is 10.6 Å². The number of methoxy groups -OCH3 is 2. The Morgan fingerprint density at radius 3 is 1.29 bits per heavy atom. The average molecular weight is 859 g/mol. The first-order valence-corrected chi connectivity index (χ1v) is 18.8. The topological polar surface area (TPSA) is 230 Å². The van der Waals surface area contributed by atoms with Crippen molar-refractivity contribution < 1.29 is 76.5 Å². The summed E-state index contributed by atoms with van der Waals surface area (Å²) in [5.41, 5.74) is -0.860. The lowest BCUT2D eigenvalue weighted by atomic mass is 9.93. The Kier molecular flexibility index (Phi) is 30.3. The molecule has 0 aliphatic rings. The van der Waals surface area contributed by atoms with Crippen molar-refractivity contribution in [3.05, 3.63) is 71.8 Å². The number of aliphatic hydroxyl groups is 1. The average Bonchev–Trinajstić information content (AvgIpc) is 3.22. The van der Waals surface area contributed by atoms with Crippen LogP contribution in [-0.2, 0) is 74.9 Å². The Balaban J connectivity index is 0.00000105. The van der Waals surface area contributed by atoms with E-state index in [0.717, 1.165) is 11.1 Å². The fourth-order valence-electron chi connectivity index (χ4n) is 3.91. The molecule has 332 valence electrons. The zero-order valence-corrected chi connectivity index (χ0v) is 35.4. The first kappa shape index (κ1) is 54.2. The first-order chi connectivity index (χ1) is 28.1. The number of amides is 2. The number of alkyl carbamates (subject to hydrolysis) is 2. The summed E-state index contributed by atoms with van der Waals surface area (Å²) in [6, 6.07) is 18.6. The number of rotatable bonds is 25. The van der Waals surface area contributed by atoms with Gasteiger partial charge in [-0.3, -0.25) is 19.2 Å². The van der Waals surface area contributed by atoms with Crippen LogP contribution in [0.2, 0.25) is 0 Å². The van der Waals surface area contributed by atoms with Crippen LogP contribution in [0.4, 0.5) is 9.59 Å². The quantitative estimate of drug-likeness (QED) is 0.0561. The molecule has 19 heteroatoms. The maximum absolute atomic E-state index is 12.5. The molecule has 0 fully saturated rings. The lowest BCUT2D eigenvalue weighted by molar-refractivity contribution is -0.166. The van der Waals surface area contributed by atoms with Gasteiger partial charge in [-0.15, -0.1) is 0 Å². The predicted molar refractivity (Wildman–Crippen MR) is 213 cm³/mol. The second-order valence-corrected chi connectivity index (χ2v) is 13.4. The molecule has 59 heavy (non-hydrogen) atoms. The molecule has 0 saturated carbocycles. The summed E-state index contributed by atoms with van der Waals surface area (Å²) < 4.78 is 45.5. The molecular weight excluding hydrogens is 800 g/mol. The third kappa shape index (κ3) is 28.3. The minimum Gasteiger partial charge on any atom is -0.465 e. The maximum atomic E-state index is 12.5. The number of aliphatic hydroxyl groups excluding tert-OH is 1. The van der Waals surface area contributed by atoms with E-state index in [2.05, 4.69) is 22.2 Å². The summed E-state index contributed by atoms with van der Waals surface area (Å²) in [4.78, 5) is 68.6. The van der Waals surface area contributed by atoms with Crippen molar-refractivity contribution in [1.29, 1.82) is 0 Å². The predicted octanol–water partition coefficient (Wildman–Crippen LogP) is 3.58. The number of hydrogen-bond acceptors (Lipinski definition) is 16. The van der Waals surface area contributed by atoms with Crippen LogP contribution in [0.3, 0.4) is 0 Å². The van der Waals surface area contributed by atoms with E-state index in [0.29, 0.717) is 33.0 Å². The largest absolute Gasteiger partial charge is 0.465 e. The minimum atomic E-state index is -1.34. The lowest BCUT2D eigenvalue weighted by Gasteiger charge is -2.26. The molecule has 0 aromatic heterocycles. The molecule has 3 N–H and O–H groups in total. The molecule has 0 saturated heterocycles. The highest BCUT2D eigenvalue weighted by molar-refractivity contribution is 6.62. The monoisotopic (exact) mass is 858 g/mol. The van der Waals surface area contributed by atoms with Crippen molar-refractivity contribution in [3.8, 4) is 0 Å². The summed E-state index contributed by atoms with van der Waals surface area (Å²) in [6.45, 7) is 6.78. The van der Waals surface area contributed by atoms with E-state index in [4.69, 9.17) is 42.6 Å². The van der Waals surface area contributed by atoms with Crippen molar-refractivity contribution >= 4 is 46.9 Å². The van der Waals surface area contributed by atoms with E-state index in [1.54, 1.807) is 14.2 Å². The van der Waals surface area contributed by atoms with Crippen LogP contribution in [0.25, 0.3) is 0 Å². The number of carbonyl (C=O) groups excluding carboxylic acids is 6. The van der Waals surface area contributed by atoms with E-state index >= 15 is 0 Å². The number of nitrogens with one attached hydrogen (secondary N) is 2. The molecule has 2 atom stereocenters. The third-order valence-electron chi connectivity index (χ3n) is 7.32. The molecule has 0 aliphatic heterocycles.